The van der Waals surface area contributed by atoms with Gasteiger partial charge in [-0.25, -0.2) is 9.48 Å². The van der Waals surface area contributed by atoms with Crippen LogP contribution in [0.5, 0.6) is 0 Å². The van der Waals surface area contributed by atoms with E-state index in [2.05, 4.69) is 5.10 Å². The van der Waals surface area contributed by atoms with Crippen molar-refractivity contribution < 1.29 is 9.90 Å². The number of aromatic carboxylic acids is 1. The molecule has 4 heteroatoms. The fourth-order valence-electron chi connectivity index (χ4n) is 2.18. The third-order valence-corrected chi connectivity index (χ3v) is 2.96. The molecule has 0 aliphatic rings. The van der Waals surface area contributed by atoms with E-state index in [4.69, 9.17) is 0 Å². The van der Waals surface area contributed by atoms with Crippen LogP contribution in [0.2, 0.25) is 0 Å². The van der Waals surface area contributed by atoms with Crippen LogP contribution in [0.1, 0.15) is 42.4 Å². The molecule has 0 unspecified atom stereocenters. The van der Waals surface area contributed by atoms with Gasteiger partial charge in [0.05, 0.1) is 17.6 Å². The number of aryl methyl sites for hydroxylation is 1. The Morgan fingerprint density at radius 2 is 2.00 bits per heavy atom. The Hall–Kier alpha value is -2.10. The lowest BCUT2D eigenvalue weighted by Crippen LogP contribution is -2.21. The lowest BCUT2D eigenvalue weighted by Gasteiger charge is -2.21. The van der Waals surface area contributed by atoms with Crippen molar-refractivity contribution in [1.82, 2.24) is 9.78 Å². The highest BCUT2D eigenvalue weighted by Gasteiger charge is 2.27. The Balaban J connectivity index is 2.68. The zero-order chi connectivity index (χ0) is 14.2. The Bertz CT molecular complexity index is 621. The molecule has 19 heavy (non-hydrogen) atoms. The average Bonchev–Trinajstić information content (AvgIpc) is 2.73. The molecule has 1 heterocycles. The van der Waals surface area contributed by atoms with Gasteiger partial charge in [-0.2, -0.15) is 5.10 Å². The minimum atomic E-state index is -0.941. The molecule has 1 aromatic heterocycles. The summed E-state index contributed by atoms with van der Waals surface area (Å²) in [5, 5.41) is 13.5. The molecular weight excluding hydrogens is 240 g/mol. The van der Waals surface area contributed by atoms with E-state index in [0.717, 1.165) is 11.3 Å². The van der Waals surface area contributed by atoms with Gasteiger partial charge in [-0.15, -0.1) is 0 Å². The van der Waals surface area contributed by atoms with Crippen LogP contribution in [0, 0.1) is 6.92 Å². The standard InChI is InChI=1S/C15H18N2O2/c1-10-6-5-7-11(8-10)17-13(15(2,3)4)12(9-16-17)14(18)19/h5-9H,1-4H3,(H,18,19). The number of rotatable bonds is 2. The summed E-state index contributed by atoms with van der Waals surface area (Å²) in [5.41, 5.74) is 2.68. The van der Waals surface area contributed by atoms with Crippen LogP contribution < -0.4 is 0 Å². The van der Waals surface area contributed by atoms with E-state index >= 15 is 0 Å². The molecule has 0 radical (unpaired) electrons. The molecule has 0 saturated carbocycles. The minimum Gasteiger partial charge on any atom is -0.478 e. The van der Waals surface area contributed by atoms with E-state index in [1.165, 1.54) is 6.20 Å². The molecule has 0 amide bonds. The predicted octanol–water partition coefficient (Wildman–Crippen LogP) is 3.18. The normalized spacial score (nSPS) is 11.6. The second kappa shape index (κ2) is 4.53. The highest BCUT2D eigenvalue weighted by molar-refractivity contribution is 5.89. The summed E-state index contributed by atoms with van der Waals surface area (Å²) in [4.78, 5) is 11.3. The highest BCUT2D eigenvalue weighted by atomic mass is 16.4. The van der Waals surface area contributed by atoms with Gasteiger partial charge in [0.2, 0.25) is 0 Å². The Labute approximate surface area is 112 Å². The fourth-order valence-corrected chi connectivity index (χ4v) is 2.18. The van der Waals surface area contributed by atoms with Gasteiger partial charge in [-0.3, -0.25) is 0 Å². The third kappa shape index (κ3) is 2.52. The second-order valence-electron chi connectivity index (χ2n) is 5.71. The quantitative estimate of drug-likeness (QED) is 0.900. The molecule has 0 aliphatic carbocycles. The van der Waals surface area contributed by atoms with Crippen molar-refractivity contribution in [1.29, 1.82) is 0 Å². The number of benzene rings is 1. The summed E-state index contributed by atoms with van der Waals surface area (Å²) in [5.74, 6) is -0.941. The minimum absolute atomic E-state index is 0.258. The summed E-state index contributed by atoms with van der Waals surface area (Å²) in [6.45, 7) is 7.97. The molecule has 0 fully saturated rings. The zero-order valence-electron chi connectivity index (χ0n) is 11.6. The van der Waals surface area contributed by atoms with Gasteiger partial charge in [-0.05, 0) is 24.6 Å². The van der Waals surface area contributed by atoms with E-state index in [0.29, 0.717) is 5.69 Å². The second-order valence-corrected chi connectivity index (χ2v) is 5.71. The van der Waals surface area contributed by atoms with Crippen LogP contribution in [0.3, 0.4) is 0 Å². The third-order valence-electron chi connectivity index (χ3n) is 2.96. The number of carboxylic acids is 1. The molecule has 1 N–H and O–H groups in total. The van der Waals surface area contributed by atoms with Crippen molar-refractivity contribution in [3.8, 4) is 5.69 Å². The van der Waals surface area contributed by atoms with E-state index < -0.39 is 5.97 Å². The van der Waals surface area contributed by atoms with Crippen LogP contribution >= 0.6 is 0 Å². The average molecular weight is 258 g/mol. The smallest absolute Gasteiger partial charge is 0.339 e. The molecular formula is C15H18N2O2. The number of carbonyl (C=O) groups is 1. The molecule has 0 saturated heterocycles. The zero-order valence-corrected chi connectivity index (χ0v) is 11.6. The maximum atomic E-state index is 11.3. The first kappa shape index (κ1) is 13.3. The van der Waals surface area contributed by atoms with E-state index in [-0.39, 0.29) is 11.0 Å². The van der Waals surface area contributed by atoms with Crippen LogP contribution in [-0.2, 0) is 5.41 Å². The van der Waals surface area contributed by atoms with Crippen molar-refractivity contribution in [2.24, 2.45) is 0 Å². The van der Waals surface area contributed by atoms with Gasteiger partial charge < -0.3 is 5.11 Å². The number of nitrogens with zero attached hydrogens (tertiary/aromatic N) is 2. The van der Waals surface area contributed by atoms with E-state index in [1.807, 2.05) is 52.0 Å². The summed E-state index contributed by atoms with van der Waals surface area (Å²) in [7, 11) is 0. The van der Waals surface area contributed by atoms with Crippen LogP contribution in [0.15, 0.2) is 30.5 Å². The van der Waals surface area contributed by atoms with Crippen molar-refractivity contribution in [3.05, 3.63) is 47.3 Å². The Kier molecular flexibility index (Phi) is 3.18. The topological polar surface area (TPSA) is 55.1 Å². The molecule has 0 spiro atoms. The SMILES string of the molecule is Cc1cccc(-n2ncc(C(=O)O)c2C(C)(C)C)c1. The van der Waals surface area contributed by atoms with E-state index in [9.17, 15) is 9.90 Å². The van der Waals surface area contributed by atoms with E-state index in [1.54, 1.807) is 4.68 Å². The van der Waals surface area contributed by atoms with Gasteiger partial charge in [-0.1, -0.05) is 32.9 Å². The molecule has 2 rings (SSSR count). The molecule has 2 aromatic rings. The van der Waals surface area contributed by atoms with Crippen molar-refractivity contribution in [2.45, 2.75) is 33.1 Å². The summed E-state index contributed by atoms with van der Waals surface area (Å²) < 4.78 is 1.72. The van der Waals surface area contributed by atoms with Gasteiger partial charge in [0, 0.05) is 5.41 Å². The molecule has 1 aromatic carbocycles. The largest absolute Gasteiger partial charge is 0.478 e. The maximum absolute atomic E-state index is 11.3. The lowest BCUT2D eigenvalue weighted by atomic mass is 9.89. The summed E-state index contributed by atoms with van der Waals surface area (Å²) >= 11 is 0. The van der Waals surface area contributed by atoms with Crippen molar-refractivity contribution in [2.75, 3.05) is 0 Å². The summed E-state index contributed by atoms with van der Waals surface area (Å²) in [6, 6.07) is 7.87. The predicted molar refractivity (Wildman–Crippen MR) is 74.0 cm³/mol. The van der Waals surface area contributed by atoms with Crippen molar-refractivity contribution in [3.63, 3.8) is 0 Å². The van der Waals surface area contributed by atoms with Crippen molar-refractivity contribution >= 4 is 5.97 Å². The molecule has 100 valence electrons. The van der Waals surface area contributed by atoms with Gasteiger partial charge in [0.15, 0.2) is 0 Å². The fraction of sp³-hybridized carbons (Fsp3) is 0.333. The maximum Gasteiger partial charge on any atom is 0.339 e. The number of hydrogen-bond donors (Lipinski definition) is 1. The first-order valence-corrected chi connectivity index (χ1v) is 6.19. The molecule has 0 bridgehead atoms. The Morgan fingerprint density at radius 3 is 2.53 bits per heavy atom. The van der Waals surface area contributed by atoms with Crippen LogP contribution in [-0.4, -0.2) is 20.9 Å². The molecule has 4 nitrogen and oxygen atoms in total. The first-order chi connectivity index (χ1) is 8.80. The molecule has 0 atom stereocenters. The van der Waals surface area contributed by atoms with Gasteiger partial charge in [0.1, 0.15) is 5.56 Å². The summed E-state index contributed by atoms with van der Waals surface area (Å²) in [6.07, 6.45) is 1.42. The number of hydrogen-bond acceptors (Lipinski definition) is 2. The van der Waals surface area contributed by atoms with Gasteiger partial charge in [0.25, 0.3) is 0 Å². The van der Waals surface area contributed by atoms with Crippen LogP contribution in [0.4, 0.5) is 0 Å². The monoisotopic (exact) mass is 258 g/mol. The number of carboxylic acid groups (broad SMARTS) is 1. The Morgan fingerprint density at radius 1 is 1.32 bits per heavy atom. The molecule has 0 aliphatic heterocycles. The lowest BCUT2D eigenvalue weighted by molar-refractivity contribution is 0.0694. The first-order valence-electron chi connectivity index (χ1n) is 6.19. The number of aromatic nitrogens is 2. The van der Waals surface area contributed by atoms with Gasteiger partial charge >= 0.3 is 5.97 Å². The highest BCUT2D eigenvalue weighted by Crippen LogP contribution is 2.28. The van der Waals surface area contributed by atoms with Crippen LogP contribution in [0.25, 0.3) is 5.69 Å².